The summed E-state index contributed by atoms with van der Waals surface area (Å²) in [6.45, 7) is 6.15. The number of amides is 2. The van der Waals surface area contributed by atoms with Crippen LogP contribution in [0.1, 0.15) is 49.5 Å². The summed E-state index contributed by atoms with van der Waals surface area (Å²) >= 11 is 0. The van der Waals surface area contributed by atoms with Crippen molar-refractivity contribution in [2.45, 2.75) is 51.7 Å². The summed E-state index contributed by atoms with van der Waals surface area (Å²) in [5.74, 6) is 0.289. The second-order valence-electron chi connectivity index (χ2n) is 10.1. The van der Waals surface area contributed by atoms with E-state index in [2.05, 4.69) is 26.5 Å². The van der Waals surface area contributed by atoms with Crippen LogP contribution in [-0.2, 0) is 16.1 Å². The molecule has 1 heterocycles. The average molecular weight is 533 g/mol. The maximum Gasteiger partial charge on any atom is 0.326 e. The van der Waals surface area contributed by atoms with Crippen molar-refractivity contribution in [3.63, 3.8) is 0 Å². The van der Waals surface area contributed by atoms with Gasteiger partial charge in [0, 0.05) is 29.8 Å². The van der Waals surface area contributed by atoms with Crippen molar-refractivity contribution in [3.8, 4) is 18.2 Å². The highest BCUT2D eigenvalue weighted by Gasteiger charge is 2.23. The largest absolute Gasteiger partial charge is 0.493 e. The number of nitrogens with zero attached hydrogens (tertiary/aromatic N) is 3. The number of nitrogens with two attached hydrogens (primary N) is 1. The number of aromatic hydroxyl groups is 1. The zero-order valence-corrected chi connectivity index (χ0v) is 22.1. The zero-order valence-electron chi connectivity index (χ0n) is 22.1. The number of aromatic nitrogens is 2. The minimum atomic E-state index is -1.22. The molecule has 0 saturated carbocycles. The van der Waals surface area contributed by atoms with Crippen molar-refractivity contribution in [3.05, 3.63) is 53.6 Å². The van der Waals surface area contributed by atoms with Crippen molar-refractivity contribution in [1.29, 1.82) is 0 Å². The number of carbonyl (C=O) groups excluding carboxylic acids is 2. The van der Waals surface area contributed by atoms with Crippen LogP contribution in [0.25, 0.3) is 10.9 Å². The third kappa shape index (κ3) is 8.07. The quantitative estimate of drug-likeness (QED) is 0.246. The van der Waals surface area contributed by atoms with Crippen LogP contribution in [0, 0.1) is 12.3 Å². The predicted octanol–water partition coefficient (Wildman–Crippen LogP) is 2.44. The molecule has 0 saturated heterocycles. The van der Waals surface area contributed by atoms with Gasteiger partial charge in [-0.15, -0.1) is 6.42 Å². The molecule has 3 aromatic rings. The normalized spacial score (nSPS) is 11.8. The van der Waals surface area contributed by atoms with E-state index in [9.17, 15) is 24.6 Å². The Balaban J connectivity index is 1.69. The van der Waals surface area contributed by atoms with Gasteiger partial charge in [0.25, 0.3) is 5.91 Å². The maximum absolute atomic E-state index is 12.7. The monoisotopic (exact) mass is 532 g/mol. The molecule has 3 rings (SSSR count). The lowest BCUT2D eigenvalue weighted by Gasteiger charge is -2.23. The molecule has 204 valence electrons. The third-order valence-corrected chi connectivity index (χ3v) is 5.69. The molecule has 6 N–H and O–H groups in total. The van der Waals surface area contributed by atoms with Crippen LogP contribution in [0.5, 0.6) is 5.88 Å². The summed E-state index contributed by atoms with van der Waals surface area (Å²) in [7, 11) is 0. The summed E-state index contributed by atoms with van der Waals surface area (Å²) < 4.78 is 0. The van der Waals surface area contributed by atoms with Crippen LogP contribution >= 0.6 is 0 Å². The van der Waals surface area contributed by atoms with Gasteiger partial charge < -0.3 is 31.5 Å². The number of carboxylic acids is 1. The van der Waals surface area contributed by atoms with Gasteiger partial charge in [0.05, 0.1) is 17.4 Å². The van der Waals surface area contributed by atoms with Crippen molar-refractivity contribution in [1.82, 2.24) is 20.6 Å². The number of benzene rings is 2. The lowest BCUT2D eigenvalue weighted by Crippen LogP contribution is -2.44. The van der Waals surface area contributed by atoms with Gasteiger partial charge in [0.1, 0.15) is 6.04 Å². The molecule has 0 spiro atoms. The van der Waals surface area contributed by atoms with E-state index in [1.807, 2.05) is 31.7 Å². The Hall–Kier alpha value is -4.85. The number of hydrogen-bond donors (Lipinski definition) is 5. The fourth-order valence-corrected chi connectivity index (χ4v) is 3.92. The van der Waals surface area contributed by atoms with Gasteiger partial charge in [-0.25, -0.2) is 9.78 Å². The second-order valence-corrected chi connectivity index (χ2v) is 10.1. The van der Waals surface area contributed by atoms with E-state index in [1.54, 1.807) is 36.4 Å². The van der Waals surface area contributed by atoms with Crippen LogP contribution in [0.4, 0.5) is 11.6 Å². The summed E-state index contributed by atoms with van der Waals surface area (Å²) in [5.41, 5.74) is 7.50. The lowest BCUT2D eigenvalue weighted by atomic mass is 10.1. The van der Waals surface area contributed by atoms with Gasteiger partial charge in [0.2, 0.25) is 17.7 Å². The number of aliphatic carboxylic acids is 1. The minimum Gasteiger partial charge on any atom is -0.493 e. The lowest BCUT2D eigenvalue weighted by molar-refractivity contribution is -0.139. The predicted molar refractivity (Wildman–Crippen MR) is 148 cm³/mol. The van der Waals surface area contributed by atoms with Crippen LogP contribution in [0.15, 0.2) is 42.5 Å². The third-order valence-electron chi connectivity index (χ3n) is 5.69. The molecule has 1 aromatic heterocycles. The van der Waals surface area contributed by atoms with Gasteiger partial charge in [-0.1, -0.05) is 12.0 Å². The molecule has 11 nitrogen and oxygen atoms in total. The Morgan fingerprint density at radius 2 is 1.82 bits per heavy atom. The van der Waals surface area contributed by atoms with Crippen LogP contribution < -0.4 is 21.3 Å². The van der Waals surface area contributed by atoms with E-state index in [-0.39, 0.29) is 42.7 Å². The number of anilines is 2. The zero-order chi connectivity index (χ0) is 28.7. The first kappa shape index (κ1) is 28.7. The molecule has 0 aliphatic rings. The first-order chi connectivity index (χ1) is 18.4. The Labute approximate surface area is 226 Å². The van der Waals surface area contributed by atoms with E-state index < -0.39 is 23.5 Å². The first-order valence-corrected chi connectivity index (χ1v) is 12.2. The molecule has 0 fully saturated rings. The van der Waals surface area contributed by atoms with Gasteiger partial charge in [-0.05, 0) is 69.2 Å². The number of carbonyl (C=O) groups is 3. The molecule has 2 aromatic carbocycles. The molecule has 11 heteroatoms. The molecular weight excluding hydrogens is 500 g/mol. The SMILES string of the molecule is C#CCN(Cc1ccc2nc(N)nc(O)c2c1)c1ccc(C(=O)N[C@@H](CCC(=O)NC(C)(C)C)C(=O)O)cc1. The van der Waals surface area contributed by atoms with Crippen molar-refractivity contribution in [2.24, 2.45) is 0 Å². The van der Waals surface area contributed by atoms with Crippen molar-refractivity contribution < 1.29 is 24.6 Å². The van der Waals surface area contributed by atoms with Crippen LogP contribution in [0.2, 0.25) is 0 Å². The number of nitrogens with one attached hydrogen (secondary N) is 2. The molecule has 2 amide bonds. The second kappa shape index (κ2) is 12.1. The summed E-state index contributed by atoms with van der Waals surface area (Å²) in [6.07, 6.45) is 5.50. The number of rotatable bonds is 10. The number of terminal acetylenes is 1. The molecule has 1 atom stereocenters. The Kier molecular flexibility index (Phi) is 8.93. The fourth-order valence-electron chi connectivity index (χ4n) is 3.92. The fraction of sp³-hybridized carbons (Fsp3) is 0.321. The molecule has 0 unspecified atom stereocenters. The van der Waals surface area contributed by atoms with Crippen LogP contribution in [0.3, 0.4) is 0 Å². The number of nitrogen functional groups attached to an aromatic ring is 1. The van der Waals surface area contributed by atoms with E-state index in [4.69, 9.17) is 12.2 Å². The minimum absolute atomic E-state index is 0.0217. The Morgan fingerprint density at radius 3 is 2.44 bits per heavy atom. The molecular formula is C28H32N6O5. The molecule has 0 aliphatic carbocycles. The highest BCUT2D eigenvalue weighted by molar-refractivity contribution is 5.97. The topological polar surface area (TPSA) is 171 Å². The molecule has 0 radical (unpaired) electrons. The van der Waals surface area contributed by atoms with Crippen molar-refractivity contribution in [2.75, 3.05) is 17.2 Å². The Bertz CT molecular complexity index is 1410. The summed E-state index contributed by atoms with van der Waals surface area (Å²) in [6, 6.07) is 10.7. The standard InChI is InChI=1S/C28H32N6O5/c1-5-14-34(16-17-6-11-21-20(15-17)25(37)32-27(29)31-21)19-9-7-18(8-10-19)24(36)30-22(26(38)39)12-13-23(35)33-28(2,3)4/h1,6-11,15,22H,12-14,16H2,2-4H3,(H,30,36)(H,33,35)(H,38,39)(H3,29,31,32,37)/t22-/m0/s1. The number of fused-ring (bicyclic) bond motifs is 1. The highest BCUT2D eigenvalue weighted by atomic mass is 16.4. The van der Waals surface area contributed by atoms with Crippen molar-refractivity contribution >= 4 is 40.3 Å². The van der Waals surface area contributed by atoms with E-state index in [1.165, 1.54) is 0 Å². The average Bonchev–Trinajstić information content (AvgIpc) is 2.85. The van der Waals surface area contributed by atoms with Crippen LogP contribution in [-0.4, -0.2) is 56.1 Å². The Morgan fingerprint density at radius 1 is 1.13 bits per heavy atom. The van der Waals surface area contributed by atoms with E-state index >= 15 is 0 Å². The van der Waals surface area contributed by atoms with E-state index in [0.717, 1.165) is 11.3 Å². The maximum atomic E-state index is 12.7. The first-order valence-electron chi connectivity index (χ1n) is 12.2. The van der Waals surface area contributed by atoms with Gasteiger partial charge in [-0.3, -0.25) is 9.59 Å². The van der Waals surface area contributed by atoms with Gasteiger partial charge in [0.15, 0.2) is 0 Å². The molecule has 0 aliphatic heterocycles. The number of carboxylic acid groups (broad SMARTS) is 1. The molecule has 0 bridgehead atoms. The van der Waals surface area contributed by atoms with E-state index in [0.29, 0.717) is 17.4 Å². The molecule has 39 heavy (non-hydrogen) atoms. The number of hydrogen-bond acceptors (Lipinski definition) is 8. The van der Waals surface area contributed by atoms with Gasteiger partial charge in [-0.2, -0.15) is 4.98 Å². The highest BCUT2D eigenvalue weighted by Crippen LogP contribution is 2.25. The smallest absolute Gasteiger partial charge is 0.326 e. The summed E-state index contributed by atoms with van der Waals surface area (Å²) in [5, 5.41) is 25.4. The van der Waals surface area contributed by atoms with Gasteiger partial charge >= 0.3 is 5.97 Å². The summed E-state index contributed by atoms with van der Waals surface area (Å²) in [4.78, 5) is 46.3.